The monoisotopic (exact) mass is 633 g/mol. The van der Waals surface area contributed by atoms with Gasteiger partial charge in [0.05, 0.1) is 11.9 Å². The van der Waals surface area contributed by atoms with Crippen LogP contribution in [0.15, 0.2) is 83.3 Å². The van der Waals surface area contributed by atoms with Crippen LogP contribution in [0.4, 0.5) is 5.69 Å². The number of benzene rings is 3. The molecule has 0 radical (unpaired) electrons. The van der Waals surface area contributed by atoms with Crippen LogP contribution in [-0.4, -0.2) is 49.5 Å². The first-order chi connectivity index (χ1) is 18.2. The van der Waals surface area contributed by atoms with Gasteiger partial charge in [-0.3, -0.25) is 13.9 Å². The molecule has 3 aromatic rings. The molecule has 0 aliphatic carbocycles. The van der Waals surface area contributed by atoms with Crippen molar-refractivity contribution >= 4 is 55.1 Å². The van der Waals surface area contributed by atoms with Gasteiger partial charge in [0, 0.05) is 28.0 Å². The lowest BCUT2D eigenvalue weighted by Gasteiger charge is -2.35. The van der Waals surface area contributed by atoms with Crippen LogP contribution in [0.1, 0.15) is 31.9 Å². The zero-order valence-corrected chi connectivity index (χ0v) is 25.6. The highest BCUT2D eigenvalue weighted by molar-refractivity contribution is 9.10. The number of hydrogen-bond acceptors (Lipinski definition) is 4. The van der Waals surface area contributed by atoms with Gasteiger partial charge in [0.25, 0.3) is 0 Å². The van der Waals surface area contributed by atoms with Gasteiger partial charge in [-0.25, -0.2) is 8.42 Å². The predicted molar refractivity (Wildman–Crippen MR) is 160 cm³/mol. The minimum Gasteiger partial charge on any atom is -0.350 e. The summed E-state index contributed by atoms with van der Waals surface area (Å²) in [6, 6.07) is 22.3. The van der Waals surface area contributed by atoms with Gasteiger partial charge >= 0.3 is 0 Å². The van der Waals surface area contributed by atoms with Crippen molar-refractivity contribution in [1.82, 2.24) is 10.2 Å². The second-order valence-electron chi connectivity index (χ2n) is 10.3. The summed E-state index contributed by atoms with van der Waals surface area (Å²) in [6.45, 7) is 5.21. The number of amides is 2. The van der Waals surface area contributed by atoms with Crippen LogP contribution in [0.25, 0.3) is 0 Å². The highest BCUT2D eigenvalue weighted by atomic mass is 79.9. The minimum absolute atomic E-state index is 0.0977. The molecule has 39 heavy (non-hydrogen) atoms. The molecule has 0 aliphatic heterocycles. The summed E-state index contributed by atoms with van der Waals surface area (Å²) in [5.74, 6) is -0.853. The smallest absolute Gasteiger partial charge is 0.244 e. The van der Waals surface area contributed by atoms with Gasteiger partial charge in [0.2, 0.25) is 21.8 Å². The SMILES string of the molecule is CC(C)(C)NC(=O)[C@H](Cc1ccccc1)N(Cc1cccc(Br)c1)C(=O)CN(c1cccc(Cl)c1)S(C)(=O)=O. The number of anilines is 1. The lowest BCUT2D eigenvalue weighted by atomic mass is 10.0. The van der Waals surface area contributed by atoms with Gasteiger partial charge in [-0.15, -0.1) is 0 Å². The van der Waals surface area contributed by atoms with E-state index in [1.807, 2.05) is 75.4 Å². The first kappa shape index (κ1) is 30.7. The van der Waals surface area contributed by atoms with Gasteiger partial charge in [0.15, 0.2) is 0 Å². The fraction of sp³-hybridized carbons (Fsp3) is 0.310. The van der Waals surface area contributed by atoms with Crippen molar-refractivity contribution in [2.24, 2.45) is 0 Å². The Morgan fingerprint density at radius 1 is 0.949 bits per heavy atom. The average molecular weight is 635 g/mol. The van der Waals surface area contributed by atoms with Crippen molar-refractivity contribution in [1.29, 1.82) is 0 Å². The summed E-state index contributed by atoms with van der Waals surface area (Å²) < 4.78 is 27.5. The summed E-state index contributed by atoms with van der Waals surface area (Å²) in [7, 11) is -3.86. The largest absolute Gasteiger partial charge is 0.350 e. The zero-order valence-electron chi connectivity index (χ0n) is 22.4. The Morgan fingerprint density at radius 2 is 1.59 bits per heavy atom. The molecule has 0 saturated heterocycles. The molecule has 1 atom stereocenters. The number of sulfonamides is 1. The summed E-state index contributed by atoms with van der Waals surface area (Å²) in [6.07, 6.45) is 1.28. The first-order valence-corrected chi connectivity index (χ1v) is 15.4. The van der Waals surface area contributed by atoms with Crippen LogP contribution in [-0.2, 0) is 32.6 Å². The van der Waals surface area contributed by atoms with Crippen molar-refractivity contribution in [3.8, 4) is 0 Å². The maximum absolute atomic E-state index is 14.0. The fourth-order valence-corrected chi connectivity index (χ4v) is 5.56. The molecule has 3 rings (SSSR count). The van der Waals surface area contributed by atoms with E-state index >= 15 is 0 Å². The number of nitrogens with one attached hydrogen (secondary N) is 1. The fourth-order valence-electron chi connectivity index (χ4n) is 4.08. The molecule has 208 valence electrons. The predicted octanol–water partition coefficient (Wildman–Crippen LogP) is 5.42. The Labute approximate surface area is 244 Å². The van der Waals surface area contributed by atoms with E-state index in [0.717, 1.165) is 26.2 Å². The molecular formula is C29H33BrClN3O4S. The molecule has 2 amide bonds. The van der Waals surface area contributed by atoms with E-state index in [9.17, 15) is 18.0 Å². The Kier molecular flexibility index (Phi) is 10.2. The summed E-state index contributed by atoms with van der Waals surface area (Å²) in [4.78, 5) is 29.2. The molecule has 0 saturated carbocycles. The number of halogens is 2. The molecule has 0 fully saturated rings. The van der Waals surface area contributed by atoms with Crippen molar-refractivity contribution < 1.29 is 18.0 Å². The van der Waals surface area contributed by atoms with E-state index in [-0.39, 0.29) is 24.6 Å². The third kappa shape index (κ3) is 9.37. The molecule has 7 nitrogen and oxygen atoms in total. The Balaban J connectivity index is 2.08. The molecule has 0 bridgehead atoms. The lowest BCUT2D eigenvalue weighted by Crippen LogP contribution is -2.56. The first-order valence-electron chi connectivity index (χ1n) is 12.4. The van der Waals surface area contributed by atoms with Crippen LogP contribution < -0.4 is 9.62 Å². The minimum atomic E-state index is -3.86. The lowest BCUT2D eigenvalue weighted by molar-refractivity contribution is -0.140. The van der Waals surface area contributed by atoms with Crippen LogP contribution in [0.3, 0.4) is 0 Å². The molecule has 0 spiro atoms. The number of carbonyl (C=O) groups is 2. The van der Waals surface area contributed by atoms with Crippen molar-refractivity contribution in [3.63, 3.8) is 0 Å². The molecule has 10 heteroatoms. The van der Waals surface area contributed by atoms with E-state index in [4.69, 9.17) is 11.6 Å². The number of hydrogen-bond donors (Lipinski definition) is 1. The third-order valence-electron chi connectivity index (χ3n) is 5.79. The van der Waals surface area contributed by atoms with Crippen LogP contribution in [0, 0.1) is 0 Å². The standard InChI is InChI=1S/C29H33BrClN3O4S/c1-29(2,3)32-28(36)26(17-21-10-6-5-7-11-21)33(19-22-12-8-13-23(30)16-22)27(35)20-34(39(4,37)38)25-15-9-14-24(31)18-25/h5-16,18,26H,17,19-20H2,1-4H3,(H,32,36)/t26-/m0/s1. The topological polar surface area (TPSA) is 86.8 Å². The maximum Gasteiger partial charge on any atom is 0.244 e. The third-order valence-corrected chi connectivity index (χ3v) is 7.66. The van der Waals surface area contributed by atoms with Gasteiger partial charge in [-0.2, -0.15) is 0 Å². The number of rotatable bonds is 10. The summed E-state index contributed by atoms with van der Waals surface area (Å²) in [5.41, 5.74) is 1.37. The van der Waals surface area contributed by atoms with E-state index in [1.165, 1.54) is 11.0 Å². The van der Waals surface area contributed by atoms with E-state index in [1.54, 1.807) is 18.2 Å². The molecule has 0 aliphatic rings. The van der Waals surface area contributed by atoms with Gasteiger partial charge in [0.1, 0.15) is 12.6 Å². The molecule has 1 N–H and O–H groups in total. The normalized spacial score (nSPS) is 12.5. The van der Waals surface area contributed by atoms with E-state index in [2.05, 4.69) is 21.2 Å². The maximum atomic E-state index is 14.0. The second-order valence-corrected chi connectivity index (χ2v) is 13.6. The highest BCUT2D eigenvalue weighted by Crippen LogP contribution is 2.24. The Morgan fingerprint density at radius 3 is 2.18 bits per heavy atom. The van der Waals surface area contributed by atoms with Gasteiger partial charge < -0.3 is 10.2 Å². The second kappa shape index (κ2) is 13.0. The van der Waals surface area contributed by atoms with Gasteiger partial charge in [-0.05, 0) is 62.2 Å². The van der Waals surface area contributed by atoms with Crippen molar-refractivity contribution in [2.45, 2.75) is 45.3 Å². The van der Waals surface area contributed by atoms with Crippen LogP contribution in [0.2, 0.25) is 5.02 Å². The molecule has 0 aromatic heterocycles. The van der Waals surface area contributed by atoms with E-state index in [0.29, 0.717) is 5.02 Å². The average Bonchev–Trinajstić information content (AvgIpc) is 2.83. The number of nitrogens with zero attached hydrogens (tertiary/aromatic N) is 2. The molecule has 0 heterocycles. The molecule has 3 aromatic carbocycles. The quantitative estimate of drug-likeness (QED) is 0.323. The number of carbonyl (C=O) groups excluding carboxylic acids is 2. The van der Waals surface area contributed by atoms with Crippen molar-refractivity contribution in [2.75, 3.05) is 17.1 Å². The highest BCUT2D eigenvalue weighted by Gasteiger charge is 2.34. The summed E-state index contributed by atoms with van der Waals surface area (Å²) in [5, 5.41) is 3.34. The Bertz CT molecular complexity index is 1410. The van der Waals surface area contributed by atoms with Crippen molar-refractivity contribution in [3.05, 3.63) is 99.5 Å². The molecule has 0 unspecified atom stereocenters. The Hall–Kier alpha value is -2.88. The van der Waals surface area contributed by atoms with E-state index < -0.39 is 34.1 Å². The molecular weight excluding hydrogens is 602 g/mol. The zero-order chi connectivity index (χ0) is 28.8. The summed E-state index contributed by atoms with van der Waals surface area (Å²) >= 11 is 9.60. The van der Waals surface area contributed by atoms with Gasteiger partial charge in [-0.1, -0.05) is 76.1 Å². The van der Waals surface area contributed by atoms with Crippen LogP contribution >= 0.6 is 27.5 Å². The van der Waals surface area contributed by atoms with Crippen LogP contribution in [0.5, 0.6) is 0 Å².